The van der Waals surface area contributed by atoms with E-state index < -0.39 is 20.8 Å². The van der Waals surface area contributed by atoms with E-state index >= 15 is 0 Å². The summed E-state index contributed by atoms with van der Waals surface area (Å²) < 4.78 is 37.9. The van der Waals surface area contributed by atoms with Gasteiger partial charge in [0.15, 0.2) is 0 Å². The zero-order valence-corrected chi connectivity index (χ0v) is 13.4. The van der Waals surface area contributed by atoms with Crippen molar-refractivity contribution in [3.63, 3.8) is 0 Å². The second-order valence-electron chi connectivity index (χ2n) is 4.60. The van der Waals surface area contributed by atoms with E-state index in [1.54, 1.807) is 13.0 Å². The van der Waals surface area contributed by atoms with E-state index in [4.69, 9.17) is 11.6 Å². The SMILES string of the molecule is Cc1c(CO)cc(Cl)cc1S(=O)(=O)N1CCS(=O)CC1. The van der Waals surface area contributed by atoms with Crippen molar-refractivity contribution in [2.24, 2.45) is 0 Å². The van der Waals surface area contributed by atoms with Gasteiger partial charge in [0, 0.05) is 40.4 Å². The zero-order chi connectivity index (χ0) is 14.9. The van der Waals surface area contributed by atoms with Crippen LogP contribution in [0, 0.1) is 6.92 Å². The van der Waals surface area contributed by atoms with E-state index in [0.29, 0.717) is 22.6 Å². The van der Waals surface area contributed by atoms with Crippen LogP contribution in [0.15, 0.2) is 17.0 Å². The van der Waals surface area contributed by atoms with Crippen LogP contribution in [0.1, 0.15) is 11.1 Å². The first-order chi connectivity index (χ1) is 9.36. The van der Waals surface area contributed by atoms with Crippen LogP contribution >= 0.6 is 11.6 Å². The van der Waals surface area contributed by atoms with Gasteiger partial charge in [0.05, 0.1) is 11.5 Å². The molecule has 2 rings (SSSR count). The van der Waals surface area contributed by atoms with Crippen molar-refractivity contribution in [1.29, 1.82) is 0 Å². The molecule has 1 fully saturated rings. The van der Waals surface area contributed by atoms with Gasteiger partial charge in [0.25, 0.3) is 0 Å². The molecule has 0 radical (unpaired) electrons. The monoisotopic (exact) mass is 337 g/mol. The summed E-state index contributed by atoms with van der Waals surface area (Å²) in [5.74, 6) is 0.706. The van der Waals surface area contributed by atoms with Crippen LogP contribution in [0.3, 0.4) is 0 Å². The minimum atomic E-state index is -3.67. The number of rotatable bonds is 3. The quantitative estimate of drug-likeness (QED) is 0.889. The summed E-state index contributed by atoms with van der Waals surface area (Å²) in [6.07, 6.45) is 0. The van der Waals surface area contributed by atoms with Crippen LogP contribution in [0.25, 0.3) is 0 Å². The third-order valence-corrected chi connectivity index (χ3v) is 6.88. The highest BCUT2D eigenvalue weighted by Gasteiger charge is 2.30. The highest BCUT2D eigenvalue weighted by Crippen LogP contribution is 2.27. The van der Waals surface area contributed by atoms with Crippen LogP contribution < -0.4 is 0 Å². The molecule has 5 nitrogen and oxygen atoms in total. The van der Waals surface area contributed by atoms with Gasteiger partial charge in [-0.3, -0.25) is 4.21 Å². The van der Waals surface area contributed by atoms with Crippen LogP contribution in [-0.4, -0.2) is 46.6 Å². The normalized spacial score (nSPS) is 18.4. The molecule has 1 aliphatic rings. The Labute approximate surface area is 126 Å². The zero-order valence-electron chi connectivity index (χ0n) is 11.0. The summed E-state index contributed by atoms with van der Waals surface area (Å²) in [7, 11) is -4.61. The van der Waals surface area contributed by atoms with E-state index in [1.165, 1.54) is 10.4 Å². The molecule has 1 heterocycles. The van der Waals surface area contributed by atoms with E-state index in [9.17, 15) is 17.7 Å². The van der Waals surface area contributed by atoms with E-state index in [-0.39, 0.29) is 29.6 Å². The van der Waals surface area contributed by atoms with Crippen LogP contribution in [0.2, 0.25) is 5.02 Å². The van der Waals surface area contributed by atoms with E-state index in [0.717, 1.165) is 0 Å². The van der Waals surface area contributed by atoms with Crippen molar-refractivity contribution in [2.45, 2.75) is 18.4 Å². The lowest BCUT2D eigenvalue weighted by atomic mass is 10.1. The molecule has 1 aromatic rings. The van der Waals surface area contributed by atoms with Gasteiger partial charge in [-0.2, -0.15) is 4.31 Å². The van der Waals surface area contributed by atoms with Crippen molar-refractivity contribution >= 4 is 32.4 Å². The molecule has 0 saturated carbocycles. The lowest BCUT2D eigenvalue weighted by Crippen LogP contribution is -2.42. The lowest BCUT2D eigenvalue weighted by Gasteiger charge is -2.26. The average molecular weight is 338 g/mol. The molecule has 1 aromatic carbocycles. The van der Waals surface area contributed by atoms with Crippen LogP contribution in [0.5, 0.6) is 0 Å². The first kappa shape index (κ1) is 15.9. The van der Waals surface area contributed by atoms with Crippen molar-refractivity contribution in [3.05, 3.63) is 28.3 Å². The Hall–Kier alpha value is -0.470. The minimum Gasteiger partial charge on any atom is -0.392 e. The third kappa shape index (κ3) is 3.07. The fraction of sp³-hybridized carbons (Fsp3) is 0.500. The standard InChI is InChI=1S/C12H16ClNO4S2/c1-9-10(8-15)6-11(13)7-12(9)20(17,18)14-2-4-19(16)5-3-14/h6-7,15H,2-5,8H2,1H3. The van der Waals surface area contributed by atoms with Crippen molar-refractivity contribution in [1.82, 2.24) is 4.31 Å². The molecule has 0 aliphatic carbocycles. The number of sulfonamides is 1. The summed E-state index contributed by atoms with van der Waals surface area (Å²) in [6.45, 7) is 1.88. The van der Waals surface area contributed by atoms with Gasteiger partial charge >= 0.3 is 0 Å². The fourth-order valence-corrected chi connectivity index (χ4v) is 5.47. The lowest BCUT2D eigenvalue weighted by molar-refractivity contribution is 0.280. The van der Waals surface area contributed by atoms with Gasteiger partial charge in [-0.25, -0.2) is 8.42 Å². The highest BCUT2D eigenvalue weighted by atomic mass is 35.5. The first-order valence-corrected chi connectivity index (χ1v) is 9.42. The first-order valence-electron chi connectivity index (χ1n) is 6.11. The minimum absolute atomic E-state index is 0.113. The van der Waals surface area contributed by atoms with Gasteiger partial charge in [-0.05, 0) is 30.2 Å². The van der Waals surface area contributed by atoms with Gasteiger partial charge in [-0.15, -0.1) is 0 Å². The number of hydrogen-bond donors (Lipinski definition) is 1. The van der Waals surface area contributed by atoms with Gasteiger partial charge in [0.2, 0.25) is 10.0 Å². The Kier molecular flexibility index (Phi) is 4.86. The summed E-state index contributed by atoms with van der Waals surface area (Å²) in [5.41, 5.74) is 1.00. The molecule has 1 saturated heterocycles. The number of halogens is 1. The Balaban J connectivity index is 2.44. The maximum atomic E-state index is 12.6. The molecule has 0 aromatic heterocycles. The number of benzene rings is 1. The third-order valence-electron chi connectivity index (χ3n) is 3.36. The van der Waals surface area contributed by atoms with Gasteiger partial charge in [0.1, 0.15) is 0 Å². The maximum Gasteiger partial charge on any atom is 0.243 e. The van der Waals surface area contributed by atoms with E-state index in [1.807, 2.05) is 0 Å². The topological polar surface area (TPSA) is 74.7 Å². The molecule has 8 heteroatoms. The molecule has 0 atom stereocenters. The predicted molar refractivity (Wildman–Crippen MR) is 78.7 cm³/mol. The number of nitrogens with zero attached hydrogens (tertiary/aromatic N) is 1. The second-order valence-corrected chi connectivity index (χ2v) is 8.64. The molecule has 0 amide bonds. The highest BCUT2D eigenvalue weighted by molar-refractivity contribution is 7.89. The van der Waals surface area contributed by atoms with Gasteiger partial charge in [-0.1, -0.05) is 11.6 Å². The largest absolute Gasteiger partial charge is 0.392 e. The summed E-state index contributed by atoms with van der Waals surface area (Å²) >= 11 is 5.93. The number of hydrogen-bond acceptors (Lipinski definition) is 4. The maximum absolute atomic E-state index is 12.6. The van der Waals surface area contributed by atoms with Crippen molar-refractivity contribution < 1.29 is 17.7 Å². The predicted octanol–water partition coefficient (Wildman–Crippen LogP) is 0.894. The molecule has 1 N–H and O–H groups in total. The van der Waals surface area contributed by atoms with Crippen LogP contribution in [0.4, 0.5) is 0 Å². The molecular formula is C12H16ClNO4S2. The summed E-state index contributed by atoms with van der Waals surface area (Å²) in [4.78, 5) is 0.113. The number of aliphatic hydroxyl groups is 1. The number of aliphatic hydroxyl groups excluding tert-OH is 1. The molecule has 1 aliphatic heterocycles. The smallest absolute Gasteiger partial charge is 0.243 e. The Bertz CT molecular complexity index is 635. The fourth-order valence-electron chi connectivity index (χ4n) is 2.14. The average Bonchev–Trinajstić information content (AvgIpc) is 2.41. The van der Waals surface area contributed by atoms with E-state index in [2.05, 4.69) is 0 Å². The molecular weight excluding hydrogens is 322 g/mol. The summed E-state index contributed by atoms with van der Waals surface area (Å²) in [6, 6.07) is 2.96. The van der Waals surface area contributed by atoms with Gasteiger partial charge < -0.3 is 5.11 Å². The van der Waals surface area contributed by atoms with Crippen molar-refractivity contribution in [3.8, 4) is 0 Å². The van der Waals surface area contributed by atoms with Crippen molar-refractivity contribution in [2.75, 3.05) is 24.6 Å². The van der Waals surface area contributed by atoms with Crippen LogP contribution in [-0.2, 0) is 27.4 Å². The summed E-state index contributed by atoms with van der Waals surface area (Å²) in [5, 5.41) is 9.55. The molecule has 20 heavy (non-hydrogen) atoms. The Morgan fingerprint density at radius 3 is 2.50 bits per heavy atom. The molecule has 0 bridgehead atoms. The molecule has 112 valence electrons. The Morgan fingerprint density at radius 1 is 1.35 bits per heavy atom. The Morgan fingerprint density at radius 2 is 1.95 bits per heavy atom. The molecule has 0 unspecified atom stereocenters. The molecule has 0 spiro atoms. The second kappa shape index (κ2) is 6.11.